The van der Waals surface area contributed by atoms with Crippen molar-refractivity contribution in [3.05, 3.63) is 118 Å². The normalized spacial score (nSPS) is 13.5. The number of aromatic nitrogens is 2. The molecule has 0 saturated heterocycles. The molecule has 0 aliphatic carbocycles. The van der Waals surface area contributed by atoms with Crippen LogP contribution in [0.1, 0.15) is 42.0 Å². The molecule has 11 nitrogen and oxygen atoms in total. The topological polar surface area (TPSA) is 152 Å². The Morgan fingerprint density at radius 2 is 1.45 bits per heavy atom. The molecule has 0 unspecified atom stereocenters. The highest BCUT2D eigenvalue weighted by Gasteiger charge is 2.30. The van der Waals surface area contributed by atoms with Gasteiger partial charge < -0.3 is 30.5 Å². The first-order valence-electron chi connectivity index (χ1n) is 15.5. The number of aliphatic hydroxyl groups is 1. The van der Waals surface area contributed by atoms with Crippen molar-refractivity contribution in [2.75, 3.05) is 0 Å². The van der Waals surface area contributed by atoms with E-state index < -0.39 is 42.3 Å². The van der Waals surface area contributed by atoms with Crippen molar-refractivity contribution >= 4 is 29.4 Å². The van der Waals surface area contributed by atoms with Crippen LogP contribution in [0.4, 0.5) is 9.59 Å². The fourth-order valence-corrected chi connectivity index (χ4v) is 5.47. The van der Waals surface area contributed by atoms with Crippen molar-refractivity contribution in [1.82, 2.24) is 25.9 Å². The maximum atomic E-state index is 13.6. The van der Waals surface area contributed by atoms with Crippen molar-refractivity contribution in [2.24, 2.45) is 5.92 Å². The Morgan fingerprint density at radius 3 is 2.06 bits per heavy atom. The predicted molar refractivity (Wildman–Crippen MR) is 178 cm³/mol. The minimum atomic E-state index is -1.06. The van der Waals surface area contributed by atoms with Crippen molar-refractivity contribution in [3.63, 3.8) is 0 Å². The molecule has 4 atom stereocenters. The number of hydrogen-bond donors (Lipinski definition) is 4. The van der Waals surface area contributed by atoms with E-state index in [1.54, 1.807) is 36.1 Å². The number of nitrogens with one attached hydrogen (secondary N) is 3. The van der Waals surface area contributed by atoms with E-state index in [-0.39, 0.29) is 25.6 Å². The van der Waals surface area contributed by atoms with E-state index in [9.17, 15) is 19.5 Å². The zero-order valence-electron chi connectivity index (χ0n) is 26.5. The van der Waals surface area contributed by atoms with Crippen LogP contribution in [0.5, 0.6) is 0 Å². The molecule has 0 aliphatic heterocycles. The fraction of sp³-hybridized carbons (Fsp3) is 0.343. The van der Waals surface area contributed by atoms with Gasteiger partial charge in [0.15, 0.2) is 0 Å². The molecule has 0 saturated carbocycles. The SMILES string of the molecule is CC(C)[C@H](NC(=O)OCc1ccccn1)C(=O)N[C@@H](Cc1ccccc1)C[C@H](O)[C@H](Cc1ccccc1)NC(=O)OCc1cncs1. The van der Waals surface area contributed by atoms with Gasteiger partial charge in [0.25, 0.3) is 0 Å². The van der Waals surface area contributed by atoms with Gasteiger partial charge in [-0.15, -0.1) is 11.3 Å². The van der Waals surface area contributed by atoms with E-state index in [0.717, 1.165) is 16.0 Å². The second-order valence-electron chi connectivity index (χ2n) is 11.4. The number of aliphatic hydroxyl groups excluding tert-OH is 1. The number of carbonyl (C=O) groups is 3. The number of alkyl carbamates (subject to hydrolysis) is 2. The van der Waals surface area contributed by atoms with Crippen LogP contribution < -0.4 is 16.0 Å². The number of amides is 3. The lowest BCUT2D eigenvalue weighted by molar-refractivity contribution is -0.125. The second kappa shape index (κ2) is 18.4. The third-order valence-corrected chi connectivity index (χ3v) is 8.15. The minimum Gasteiger partial charge on any atom is -0.444 e. The summed E-state index contributed by atoms with van der Waals surface area (Å²) in [6, 6.07) is 22.2. The summed E-state index contributed by atoms with van der Waals surface area (Å²) in [5, 5.41) is 20.1. The summed E-state index contributed by atoms with van der Waals surface area (Å²) >= 11 is 1.37. The van der Waals surface area contributed by atoms with Gasteiger partial charge in [-0.3, -0.25) is 14.8 Å². The number of carbonyl (C=O) groups excluding carboxylic acids is 3. The number of benzene rings is 2. The highest BCUT2D eigenvalue weighted by molar-refractivity contribution is 7.09. The molecule has 2 heterocycles. The van der Waals surface area contributed by atoms with Gasteiger partial charge in [-0.05, 0) is 48.4 Å². The second-order valence-corrected chi connectivity index (χ2v) is 12.4. The smallest absolute Gasteiger partial charge is 0.408 e. The summed E-state index contributed by atoms with van der Waals surface area (Å²) in [5.74, 6) is -0.681. The van der Waals surface area contributed by atoms with Crippen LogP contribution in [0.3, 0.4) is 0 Å². The molecule has 0 fully saturated rings. The number of hydrogen-bond acceptors (Lipinski definition) is 9. The lowest BCUT2D eigenvalue weighted by Crippen LogP contribution is -2.54. The molecule has 4 aromatic rings. The Kier molecular flexibility index (Phi) is 13.7. The van der Waals surface area contributed by atoms with Crippen LogP contribution in [0.2, 0.25) is 0 Å². The Bertz CT molecular complexity index is 1510. The zero-order chi connectivity index (χ0) is 33.4. The summed E-state index contributed by atoms with van der Waals surface area (Å²) in [7, 11) is 0. The number of rotatable bonds is 16. The Hall–Kier alpha value is -4.81. The molecule has 0 bridgehead atoms. The van der Waals surface area contributed by atoms with Crippen LogP contribution in [-0.2, 0) is 40.3 Å². The van der Waals surface area contributed by atoms with E-state index in [1.165, 1.54) is 11.3 Å². The Balaban J connectivity index is 1.45. The van der Waals surface area contributed by atoms with Crippen LogP contribution in [0.25, 0.3) is 0 Å². The molecule has 0 aliphatic rings. The zero-order valence-corrected chi connectivity index (χ0v) is 27.3. The molecular formula is C35H41N5O6S. The lowest BCUT2D eigenvalue weighted by Gasteiger charge is -2.30. The number of thiazole rings is 1. The molecule has 12 heteroatoms. The highest BCUT2D eigenvalue weighted by Crippen LogP contribution is 2.16. The molecule has 3 amide bonds. The van der Waals surface area contributed by atoms with E-state index >= 15 is 0 Å². The van der Waals surface area contributed by atoms with Gasteiger partial charge >= 0.3 is 12.2 Å². The van der Waals surface area contributed by atoms with Gasteiger partial charge in [0.1, 0.15) is 19.3 Å². The lowest BCUT2D eigenvalue weighted by atomic mass is 9.93. The maximum Gasteiger partial charge on any atom is 0.408 e. The van der Waals surface area contributed by atoms with Crippen LogP contribution >= 0.6 is 11.3 Å². The van der Waals surface area contributed by atoms with Crippen molar-refractivity contribution in [1.29, 1.82) is 0 Å². The maximum absolute atomic E-state index is 13.6. The Labute approximate surface area is 278 Å². The first-order chi connectivity index (χ1) is 22.8. The van der Waals surface area contributed by atoms with Gasteiger partial charge in [0.2, 0.25) is 5.91 Å². The molecule has 2 aromatic carbocycles. The molecule has 4 rings (SSSR count). The monoisotopic (exact) mass is 659 g/mol. The first kappa shape index (κ1) is 35.1. The first-order valence-corrected chi connectivity index (χ1v) is 16.3. The molecule has 47 heavy (non-hydrogen) atoms. The summed E-state index contributed by atoms with van der Waals surface area (Å²) in [4.78, 5) is 48.0. The number of pyridine rings is 1. The molecular weight excluding hydrogens is 618 g/mol. The van der Waals surface area contributed by atoms with E-state index in [4.69, 9.17) is 9.47 Å². The van der Waals surface area contributed by atoms with Gasteiger partial charge in [0, 0.05) is 18.4 Å². The quantitative estimate of drug-likeness (QED) is 0.134. The summed E-state index contributed by atoms with van der Waals surface area (Å²) in [5.41, 5.74) is 4.10. The highest BCUT2D eigenvalue weighted by atomic mass is 32.1. The van der Waals surface area contributed by atoms with Crippen molar-refractivity contribution in [2.45, 2.75) is 70.6 Å². The number of nitrogens with zero attached hydrogens (tertiary/aromatic N) is 2. The summed E-state index contributed by atoms with van der Waals surface area (Å²) in [6.07, 6.45) is 1.62. The third kappa shape index (κ3) is 12.1. The largest absolute Gasteiger partial charge is 0.444 e. The van der Waals surface area contributed by atoms with Gasteiger partial charge in [-0.2, -0.15) is 0 Å². The van der Waals surface area contributed by atoms with Crippen LogP contribution in [0.15, 0.2) is 96.8 Å². The van der Waals surface area contributed by atoms with Gasteiger partial charge in [-0.25, -0.2) is 9.59 Å². The van der Waals surface area contributed by atoms with E-state index in [1.807, 2.05) is 74.5 Å². The molecule has 248 valence electrons. The third-order valence-electron chi connectivity index (χ3n) is 7.39. The van der Waals surface area contributed by atoms with Crippen LogP contribution in [-0.4, -0.2) is 57.4 Å². The summed E-state index contributed by atoms with van der Waals surface area (Å²) in [6.45, 7) is 3.67. The van der Waals surface area contributed by atoms with Gasteiger partial charge in [-0.1, -0.05) is 80.6 Å². The molecule has 0 radical (unpaired) electrons. The minimum absolute atomic E-state index is 0.0373. The van der Waals surface area contributed by atoms with Crippen molar-refractivity contribution in [3.8, 4) is 0 Å². The van der Waals surface area contributed by atoms with Crippen molar-refractivity contribution < 1.29 is 29.0 Å². The van der Waals surface area contributed by atoms with E-state index in [0.29, 0.717) is 18.5 Å². The van der Waals surface area contributed by atoms with E-state index in [2.05, 4.69) is 25.9 Å². The molecule has 2 aromatic heterocycles. The summed E-state index contributed by atoms with van der Waals surface area (Å²) < 4.78 is 10.7. The molecule has 4 N–H and O–H groups in total. The standard InChI is InChI=1S/C35H41N5O6S/c1-24(2)32(40-35(44)45-21-27-15-9-10-16-37-27)33(42)38-28(17-25-11-5-3-6-12-25)19-31(41)30(18-26-13-7-4-8-14-26)39-34(43)46-22-29-20-36-23-47-29/h3-16,20,23-24,28,30-32,41H,17-19,21-22H2,1-2H3,(H,38,42)(H,39,43)(H,40,44)/t28-,30-,31-,32-/m0/s1. The van der Waals surface area contributed by atoms with Crippen LogP contribution in [0, 0.1) is 5.92 Å². The molecule has 0 spiro atoms. The number of ether oxygens (including phenoxy) is 2. The predicted octanol–water partition coefficient (Wildman–Crippen LogP) is 4.81. The fourth-order valence-electron chi connectivity index (χ4n) is 4.96. The van der Waals surface area contributed by atoms with Gasteiger partial charge in [0.05, 0.1) is 28.2 Å². The average molecular weight is 660 g/mol. The Morgan fingerprint density at radius 1 is 0.809 bits per heavy atom. The average Bonchev–Trinajstić information content (AvgIpc) is 3.60.